The van der Waals surface area contributed by atoms with Gasteiger partial charge in [-0.2, -0.15) is 0 Å². The maximum atomic E-state index is 13.3. The van der Waals surface area contributed by atoms with Crippen molar-refractivity contribution in [2.45, 2.75) is 39.5 Å². The Morgan fingerprint density at radius 2 is 1.60 bits per heavy atom. The topological polar surface area (TPSA) is 170 Å². The Morgan fingerprint density at radius 1 is 0.960 bits per heavy atom. The standard InChI is InChI=1S/C35H38ClN7O6.ClH/c1-35(2,3)49-43(23-44)19-18-42(32-33(46)39-29(30(36)40-32)26-12-8-5-9-13-26)21-28(45)38-20-24-14-16-27(17-15-24)31(37)41-34(47)48-22-25-10-6-4-7-11-25;/h4-17,23H,18-22H2,1-3H3,(H,38,45)(H,39,46)(H2,37,41,47);1H. The number of nitrogens with zero attached hydrogens (tertiary/aromatic N) is 3. The zero-order valence-corrected chi connectivity index (χ0v) is 29.3. The molecule has 0 aliphatic heterocycles. The highest BCUT2D eigenvalue weighted by atomic mass is 35.5. The summed E-state index contributed by atoms with van der Waals surface area (Å²) in [6.45, 7) is 5.34. The van der Waals surface area contributed by atoms with Gasteiger partial charge in [0, 0.05) is 24.2 Å². The number of hydrogen-bond donors (Lipinski definition) is 4. The van der Waals surface area contributed by atoms with Gasteiger partial charge in [0.2, 0.25) is 12.3 Å². The second-order valence-corrected chi connectivity index (χ2v) is 12.2. The van der Waals surface area contributed by atoms with E-state index in [-0.39, 0.29) is 62.0 Å². The molecule has 4 rings (SSSR count). The average Bonchev–Trinajstić information content (AvgIpc) is 3.09. The van der Waals surface area contributed by atoms with Crippen molar-refractivity contribution in [2.24, 2.45) is 0 Å². The van der Waals surface area contributed by atoms with Crippen molar-refractivity contribution in [2.75, 3.05) is 24.5 Å². The predicted molar refractivity (Wildman–Crippen MR) is 193 cm³/mol. The summed E-state index contributed by atoms with van der Waals surface area (Å²) in [6, 6.07) is 24.9. The van der Waals surface area contributed by atoms with Crippen molar-refractivity contribution in [3.05, 3.63) is 117 Å². The molecule has 0 aliphatic rings. The molecule has 0 bridgehead atoms. The van der Waals surface area contributed by atoms with Gasteiger partial charge in [0.1, 0.15) is 12.4 Å². The third-order valence-corrected chi connectivity index (χ3v) is 7.09. The van der Waals surface area contributed by atoms with Crippen LogP contribution in [0.25, 0.3) is 11.3 Å². The first-order chi connectivity index (χ1) is 23.4. The predicted octanol–water partition coefficient (Wildman–Crippen LogP) is 5.08. The van der Waals surface area contributed by atoms with Gasteiger partial charge in [-0.1, -0.05) is 96.5 Å². The lowest BCUT2D eigenvalue weighted by molar-refractivity contribution is -0.214. The number of benzene rings is 3. The van der Waals surface area contributed by atoms with Gasteiger partial charge in [0.25, 0.3) is 5.56 Å². The van der Waals surface area contributed by atoms with Gasteiger partial charge < -0.3 is 19.9 Å². The number of amidine groups is 1. The zero-order valence-electron chi connectivity index (χ0n) is 27.8. The van der Waals surface area contributed by atoms with Gasteiger partial charge in [-0.15, -0.1) is 12.4 Å². The van der Waals surface area contributed by atoms with Gasteiger partial charge in [0.05, 0.1) is 24.4 Å². The molecule has 0 aliphatic carbocycles. The van der Waals surface area contributed by atoms with Crippen LogP contribution in [0.2, 0.25) is 5.15 Å². The van der Waals surface area contributed by atoms with Gasteiger partial charge in [-0.3, -0.25) is 29.9 Å². The number of ether oxygens (including phenoxy) is 1. The lowest BCUT2D eigenvalue weighted by Gasteiger charge is -2.29. The monoisotopic (exact) mass is 723 g/mol. The van der Waals surface area contributed by atoms with E-state index in [0.717, 1.165) is 16.2 Å². The largest absolute Gasteiger partial charge is 0.444 e. The molecule has 3 amide bonds. The molecule has 3 aromatic carbocycles. The third kappa shape index (κ3) is 12.0. The van der Waals surface area contributed by atoms with E-state index in [4.69, 9.17) is 26.6 Å². The maximum absolute atomic E-state index is 13.3. The van der Waals surface area contributed by atoms with Crippen LogP contribution in [0.1, 0.15) is 37.5 Å². The Balaban J connectivity index is 0.00000676. The minimum atomic E-state index is -0.750. The number of halogens is 2. The van der Waals surface area contributed by atoms with Gasteiger partial charge >= 0.3 is 6.09 Å². The lowest BCUT2D eigenvalue weighted by atomic mass is 10.1. The molecule has 0 saturated carbocycles. The smallest absolute Gasteiger partial charge is 0.413 e. The lowest BCUT2D eigenvalue weighted by Crippen LogP contribution is -2.44. The summed E-state index contributed by atoms with van der Waals surface area (Å²) in [4.78, 5) is 64.4. The number of amides is 3. The summed E-state index contributed by atoms with van der Waals surface area (Å²) in [5, 5.41) is 14.5. The fourth-order valence-electron chi connectivity index (χ4n) is 4.53. The summed E-state index contributed by atoms with van der Waals surface area (Å²) < 4.78 is 5.17. The molecular formula is C35H39Cl2N7O6. The Hall–Kier alpha value is -5.24. The quantitative estimate of drug-likeness (QED) is 0.0605. The van der Waals surface area contributed by atoms with E-state index in [2.05, 4.69) is 20.6 Å². The summed E-state index contributed by atoms with van der Waals surface area (Å²) in [5.74, 6) is -0.670. The number of rotatable bonds is 14. The molecule has 15 heteroatoms. The Labute approximate surface area is 300 Å². The molecule has 1 heterocycles. The summed E-state index contributed by atoms with van der Waals surface area (Å²) >= 11 is 6.49. The van der Waals surface area contributed by atoms with Crippen molar-refractivity contribution in [1.82, 2.24) is 25.7 Å². The Bertz CT molecular complexity index is 1800. The van der Waals surface area contributed by atoms with E-state index in [1.54, 1.807) is 69.3 Å². The van der Waals surface area contributed by atoms with Crippen molar-refractivity contribution in [1.29, 1.82) is 5.41 Å². The van der Waals surface area contributed by atoms with Gasteiger partial charge in [-0.25, -0.2) is 14.8 Å². The van der Waals surface area contributed by atoms with Gasteiger partial charge in [-0.05, 0) is 31.9 Å². The number of nitrogens with one attached hydrogen (secondary N) is 4. The maximum Gasteiger partial charge on any atom is 0.413 e. The highest BCUT2D eigenvalue weighted by Gasteiger charge is 2.22. The van der Waals surface area contributed by atoms with Crippen molar-refractivity contribution < 1.29 is 24.0 Å². The molecular weight excluding hydrogens is 685 g/mol. The van der Waals surface area contributed by atoms with Crippen LogP contribution in [0.4, 0.5) is 10.6 Å². The second-order valence-electron chi connectivity index (χ2n) is 11.8. The molecule has 13 nitrogen and oxygen atoms in total. The van der Waals surface area contributed by atoms with Crippen LogP contribution in [0.3, 0.4) is 0 Å². The van der Waals surface area contributed by atoms with Crippen LogP contribution < -0.4 is 21.1 Å². The highest BCUT2D eigenvalue weighted by Crippen LogP contribution is 2.24. The van der Waals surface area contributed by atoms with E-state index in [9.17, 15) is 19.2 Å². The first-order valence-corrected chi connectivity index (χ1v) is 15.7. The van der Waals surface area contributed by atoms with Crippen molar-refractivity contribution >= 4 is 54.1 Å². The van der Waals surface area contributed by atoms with E-state index in [1.165, 1.54) is 4.90 Å². The minimum Gasteiger partial charge on any atom is -0.444 e. The molecule has 50 heavy (non-hydrogen) atoms. The number of carbonyl (C=O) groups excluding carboxylic acids is 3. The summed E-state index contributed by atoms with van der Waals surface area (Å²) in [5.41, 5.74) is 1.76. The number of hydrogen-bond acceptors (Lipinski definition) is 9. The number of carbonyl (C=O) groups is 3. The molecule has 0 atom stereocenters. The van der Waals surface area contributed by atoms with E-state index in [0.29, 0.717) is 23.2 Å². The molecule has 0 spiro atoms. The summed E-state index contributed by atoms with van der Waals surface area (Å²) in [7, 11) is 0. The van der Waals surface area contributed by atoms with Crippen LogP contribution in [0.5, 0.6) is 0 Å². The summed E-state index contributed by atoms with van der Waals surface area (Å²) in [6.07, 6.45) is -0.223. The van der Waals surface area contributed by atoms with E-state index in [1.807, 2.05) is 36.4 Å². The minimum absolute atomic E-state index is 0. The molecule has 0 saturated heterocycles. The first kappa shape index (κ1) is 39.2. The van der Waals surface area contributed by atoms with Gasteiger partial charge in [0.15, 0.2) is 11.0 Å². The normalized spacial score (nSPS) is 10.7. The highest BCUT2D eigenvalue weighted by molar-refractivity contribution is 6.31. The molecule has 264 valence electrons. The van der Waals surface area contributed by atoms with Crippen LogP contribution >= 0.6 is 24.0 Å². The molecule has 0 radical (unpaired) electrons. The van der Waals surface area contributed by atoms with E-state index >= 15 is 0 Å². The first-order valence-electron chi connectivity index (χ1n) is 15.4. The fraction of sp³-hybridized carbons (Fsp3) is 0.257. The molecule has 4 N–H and O–H groups in total. The number of H-pyrrole nitrogens is 1. The number of hydroxylamine groups is 2. The van der Waals surface area contributed by atoms with Crippen molar-refractivity contribution in [3.8, 4) is 11.3 Å². The number of aromatic nitrogens is 2. The average molecular weight is 725 g/mol. The molecule has 0 unspecified atom stereocenters. The van der Waals surface area contributed by atoms with Crippen LogP contribution in [0, 0.1) is 5.41 Å². The second kappa shape index (κ2) is 18.5. The third-order valence-electron chi connectivity index (χ3n) is 6.82. The fourth-order valence-corrected chi connectivity index (χ4v) is 4.77. The molecule has 1 aromatic heterocycles. The molecule has 0 fully saturated rings. The van der Waals surface area contributed by atoms with Crippen LogP contribution in [-0.4, -0.2) is 64.5 Å². The number of anilines is 1. The van der Waals surface area contributed by atoms with Crippen LogP contribution in [-0.2, 0) is 32.3 Å². The molecule has 4 aromatic rings. The van der Waals surface area contributed by atoms with E-state index < -0.39 is 23.2 Å². The Morgan fingerprint density at radius 3 is 2.22 bits per heavy atom. The zero-order chi connectivity index (χ0) is 35.4. The number of aromatic amines is 1. The SMILES string of the molecule is CC(C)(C)ON(C=O)CCN(CC(=O)NCc1ccc(C(=N)NC(=O)OCc2ccccc2)cc1)c1nc(Cl)c(-c2ccccc2)[nH]c1=O.Cl. The van der Waals surface area contributed by atoms with Crippen LogP contribution in [0.15, 0.2) is 89.7 Å². The Kier molecular flexibility index (Phi) is 14.5. The van der Waals surface area contributed by atoms with Crippen molar-refractivity contribution in [3.63, 3.8) is 0 Å². The number of alkyl carbamates (subject to hydrolysis) is 1.